The zero-order chi connectivity index (χ0) is 15.1. The predicted octanol–water partition coefficient (Wildman–Crippen LogP) is -1.65. The fourth-order valence-corrected chi connectivity index (χ4v) is 1.48. The van der Waals surface area contributed by atoms with Gasteiger partial charge in [-0.2, -0.15) is 0 Å². The Hall–Kier alpha value is -1.84. The van der Waals surface area contributed by atoms with E-state index in [1.165, 1.54) is 0 Å². The lowest BCUT2D eigenvalue weighted by atomic mass is 10.2. The minimum Gasteiger partial charge on any atom is -0.480 e. The Kier molecular flexibility index (Phi) is 6.83. The lowest BCUT2D eigenvalue weighted by molar-refractivity contribution is -0.147. The average Bonchev–Trinajstić information content (AvgIpc) is 2.25. The van der Waals surface area contributed by atoms with Crippen LogP contribution in [0.15, 0.2) is 0 Å². The van der Waals surface area contributed by atoms with E-state index < -0.39 is 40.3 Å². The van der Waals surface area contributed by atoms with Crippen molar-refractivity contribution in [3.8, 4) is 0 Å². The van der Waals surface area contributed by atoms with Gasteiger partial charge in [-0.05, 0) is 0 Å². The summed E-state index contributed by atoms with van der Waals surface area (Å²) in [4.78, 5) is 33.0. The van der Waals surface area contributed by atoms with Crippen molar-refractivity contribution >= 4 is 27.8 Å². The number of ether oxygens (including phenoxy) is 1. The Morgan fingerprint density at radius 3 is 2.32 bits per heavy atom. The van der Waals surface area contributed by atoms with E-state index in [0.29, 0.717) is 0 Å². The summed E-state index contributed by atoms with van der Waals surface area (Å²) >= 11 is 0. The van der Waals surface area contributed by atoms with Crippen molar-refractivity contribution in [3.63, 3.8) is 0 Å². The highest BCUT2D eigenvalue weighted by molar-refractivity contribution is 7.90. The third kappa shape index (κ3) is 8.83. The molecule has 0 saturated heterocycles. The number of carbonyl (C=O) groups excluding carboxylic acids is 2. The van der Waals surface area contributed by atoms with Crippen LogP contribution in [0.25, 0.3) is 0 Å². The van der Waals surface area contributed by atoms with Crippen LogP contribution in [0.5, 0.6) is 0 Å². The van der Waals surface area contributed by atoms with Gasteiger partial charge in [0.15, 0.2) is 0 Å². The molecular weight excluding hydrogens is 280 g/mol. The van der Waals surface area contributed by atoms with Crippen molar-refractivity contribution in [2.45, 2.75) is 12.5 Å². The third-order valence-corrected chi connectivity index (χ3v) is 2.91. The molecule has 0 unspecified atom stereocenters. The normalized spacial score (nSPS) is 12.3. The molecule has 9 nitrogen and oxygen atoms in total. The van der Waals surface area contributed by atoms with Gasteiger partial charge in [0.1, 0.15) is 15.9 Å². The number of aliphatic carboxylic acids is 1. The molecule has 0 fully saturated rings. The van der Waals surface area contributed by atoms with Crippen LogP contribution in [0.4, 0.5) is 4.79 Å². The van der Waals surface area contributed by atoms with E-state index in [4.69, 9.17) is 5.11 Å². The number of methoxy groups -OCH3 is 1. The molecule has 0 aliphatic rings. The largest absolute Gasteiger partial charge is 0.480 e. The Morgan fingerprint density at radius 2 is 1.89 bits per heavy atom. The van der Waals surface area contributed by atoms with Crippen LogP contribution in [-0.4, -0.2) is 63.2 Å². The number of rotatable bonds is 7. The Bertz CT molecular complexity index is 445. The highest BCUT2D eigenvalue weighted by Gasteiger charge is 2.23. The van der Waals surface area contributed by atoms with Crippen LogP contribution < -0.4 is 10.6 Å². The lowest BCUT2D eigenvalue weighted by Gasteiger charge is -2.13. The maximum Gasteiger partial charge on any atom is 0.326 e. The second-order valence-electron chi connectivity index (χ2n) is 3.70. The summed E-state index contributed by atoms with van der Waals surface area (Å²) in [6, 6.07) is -2.31. The maximum absolute atomic E-state index is 11.3. The third-order valence-electron chi connectivity index (χ3n) is 1.96. The number of amides is 2. The molecular formula is C9H16N2O7S. The Labute approximate surface area is 110 Å². The van der Waals surface area contributed by atoms with E-state index in [1.54, 1.807) is 0 Å². The Morgan fingerprint density at radius 1 is 1.32 bits per heavy atom. The number of carbonyl (C=O) groups is 3. The standard InChI is InChI=1S/C9H16N2O7S/c1-18-7(12)5-6(8(13)14)11-9(15)10-3-4-19(2,16)17/h6H,3-5H2,1-2H3,(H,13,14)(H2,10,11,15)/t6-/m0/s1. The first-order valence-electron chi connectivity index (χ1n) is 5.17. The number of esters is 1. The SMILES string of the molecule is COC(=O)C[C@H](NC(=O)NCCS(C)(=O)=O)C(=O)O. The van der Waals surface area contributed by atoms with Crippen LogP contribution in [0.3, 0.4) is 0 Å². The van der Waals surface area contributed by atoms with Gasteiger partial charge in [-0.15, -0.1) is 0 Å². The highest BCUT2D eigenvalue weighted by Crippen LogP contribution is 1.95. The van der Waals surface area contributed by atoms with Crippen LogP contribution in [0, 0.1) is 0 Å². The second kappa shape index (κ2) is 7.56. The molecule has 0 radical (unpaired) electrons. The molecule has 2 amide bonds. The van der Waals surface area contributed by atoms with Gasteiger partial charge in [0.05, 0.1) is 19.3 Å². The van der Waals surface area contributed by atoms with E-state index in [1.807, 2.05) is 5.32 Å². The summed E-state index contributed by atoms with van der Waals surface area (Å²) in [5.41, 5.74) is 0. The fourth-order valence-electron chi connectivity index (χ4n) is 1.01. The summed E-state index contributed by atoms with van der Waals surface area (Å²) in [6.07, 6.45) is 0.481. The van der Waals surface area contributed by atoms with E-state index in [0.717, 1.165) is 13.4 Å². The first-order valence-corrected chi connectivity index (χ1v) is 7.23. The molecule has 0 saturated carbocycles. The summed E-state index contributed by atoms with van der Waals surface area (Å²) in [7, 11) is -2.13. The molecule has 0 heterocycles. The molecule has 10 heteroatoms. The molecule has 0 aromatic rings. The van der Waals surface area contributed by atoms with Gasteiger partial charge in [-0.3, -0.25) is 4.79 Å². The first kappa shape index (κ1) is 17.2. The van der Waals surface area contributed by atoms with Crippen molar-refractivity contribution in [2.24, 2.45) is 0 Å². The van der Waals surface area contributed by atoms with E-state index in [2.05, 4.69) is 10.1 Å². The van der Waals surface area contributed by atoms with E-state index >= 15 is 0 Å². The molecule has 0 aliphatic carbocycles. The molecule has 0 aromatic heterocycles. The van der Waals surface area contributed by atoms with Gasteiger partial charge >= 0.3 is 18.0 Å². The van der Waals surface area contributed by atoms with Gasteiger partial charge in [0.2, 0.25) is 0 Å². The summed E-state index contributed by atoms with van der Waals surface area (Å²) in [6.45, 7) is -0.158. The molecule has 110 valence electrons. The summed E-state index contributed by atoms with van der Waals surface area (Å²) in [5, 5.41) is 13.0. The highest BCUT2D eigenvalue weighted by atomic mass is 32.2. The summed E-state index contributed by atoms with van der Waals surface area (Å²) < 4.78 is 25.9. The van der Waals surface area contributed by atoms with Crippen molar-refractivity contribution in [1.82, 2.24) is 10.6 Å². The number of hydrogen-bond acceptors (Lipinski definition) is 6. The second-order valence-corrected chi connectivity index (χ2v) is 5.96. The minimum absolute atomic E-state index is 0.158. The summed E-state index contributed by atoms with van der Waals surface area (Å²) in [5.74, 6) is -2.46. The molecule has 1 atom stereocenters. The van der Waals surface area contributed by atoms with Gasteiger partial charge in [-0.25, -0.2) is 18.0 Å². The van der Waals surface area contributed by atoms with Crippen LogP contribution >= 0.6 is 0 Å². The molecule has 3 N–H and O–H groups in total. The zero-order valence-electron chi connectivity index (χ0n) is 10.5. The topological polar surface area (TPSA) is 139 Å². The molecule has 0 rings (SSSR count). The Balaban J connectivity index is 4.25. The van der Waals surface area contributed by atoms with Crippen molar-refractivity contribution in [3.05, 3.63) is 0 Å². The molecule has 0 aliphatic heterocycles. The predicted molar refractivity (Wildman–Crippen MR) is 64.3 cm³/mol. The van der Waals surface area contributed by atoms with Gasteiger partial charge in [0, 0.05) is 12.8 Å². The number of carboxylic acid groups (broad SMARTS) is 1. The smallest absolute Gasteiger partial charge is 0.326 e. The van der Waals surface area contributed by atoms with Crippen molar-refractivity contribution < 1.29 is 32.6 Å². The van der Waals surface area contributed by atoms with Crippen molar-refractivity contribution in [1.29, 1.82) is 0 Å². The molecule has 0 bridgehead atoms. The maximum atomic E-state index is 11.3. The number of carboxylic acids is 1. The molecule has 0 spiro atoms. The molecule has 19 heavy (non-hydrogen) atoms. The number of nitrogens with one attached hydrogen (secondary N) is 2. The van der Waals surface area contributed by atoms with E-state index in [9.17, 15) is 22.8 Å². The van der Waals surface area contributed by atoms with Crippen LogP contribution in [0.1, 0.15) is 6.42 Å². The first-order chi connectivity index (χ1) is 8.65. The number of sulfone groups is 1. The lowest BCUT2D eigenvalue weighted by Crippen LogP contribution is -2.47. The quantitative estimate of drug-likeness (QED) is 0.478. The zero-order valence-corrected chi connectivity index (χ0v) is 11.3. The monoisotopic (exact) mass is 296 g/mol. The van der Waals surface area contributed by atoms with E-state index in [-0.39, 0.29) is 12.3 Å². The average molecular weight is 296 g/mol. The minimum atomic E-state index is -3.22. The fraction of sp³-hybridized carbons (Fsp3) is 0.667. The van der Waals surface area contributed by atoms with Crippen LogP contribution in [-0.2, 0) is 24.2 Å². The van der Waals surface area contributed by atoms with Crippen LogP contribution in [0.2, 0.25) is 0 Å². The number of hydrogen-bond donors (Lipinski definition) is 3. The molecule has 0 aromatic carbocycles. The van der Waals surface area contributed by atoms with Gasteiger partial charge < -0.3 is 20.5 Å². The van der Waals surface area contributed by atoms with Gasteiger partial charge in [0.25, 0.3) is 0 Å². The van der Waals surface area contributed by atoms with Gasteiger partial charge in [-0.1, -0.05) is 0 Å². The van der Waals surface area contributed by atoms with Crippen molar-refractivity contribution in [2.75, 3.05) is 25.7 Å². The number of urea groups is 1.